The molecule has 0 unspecified atom stereocenters. The van der Waals surface area contributed by atoms with E-state index in [0.717, 1.165) is 10.8 Å². The van der Waals surface area contributed by atoms with E-state index in [4.69, 9.17) is 4.74 Å². The number of nitro groups is 1. The van der Waals surface area contributed by atoms with Crippen LogP contribution in [0, 0.1) is 10.1 Å². The standard InChI is InChI=1S/C19H17BrN6O4/c1-2-30-15-6-4-3-5-14(15)23-17-16(26(28)29)18(22-11-21-17)24-25-19(27)12-7-9-13(20)10-8-12/h3-11H,2H2,1H3,(H,25,27)(H2,21,22,23,24). The van der Waals surface area contributed by atoms with E-state index >= 15 is 0 Å². The number of nitrogens with zero attached hydrogens (tertiary/aromatic N) is 3. The molecular weight excluding hydrogens is 456 g/mol. The third-order valence-corrected chi connectivity index (χ3v) is 4.37. The molecule has 0 aliphatic rings. The second-order valence-electron chi connectivity index (χ2n) is 5.82. The topological polar surface area (TPSA) is 131 Å². The second-order valence-corrected chi connectivity index (χ2v) is 6.73. The van der Waals surface area contributed by atoms with Crippen LogP contribution in [0.4, 0.5) is 23.0 Å². The summed E-state index contributed by atoms with van der Waals surface area (Å²) in [6.07, 6.45) is 1.15. The zero-order chi connectivity index (χ0) is 21.5. The van der Waals surface area contributed by atoms with Crippen LogP contribution in [0.3, 0.4) is 0 Å². The summed E-state index contributed by atoms with van der Waals surface area (Å²) in [6.45, 7) is 2.26. The smallest absolute Gasteiger partial charge is 0.355 e. The molecule has 1 aromatic heterocycles. The molecule has 0 saturated carbocycles. The number of carbonyl (C=O) groups is 1. The average Bonchev–Trinajstić information content (AvgIpc) is 2.74. The Hall–Kier alpha value is -3.73. The molecule has 0 radical (unpaired) electrons. The highest BCUT2D eigenvalue weighted by Crippen LogP contribution is 2.34. The van der Waals surface area contributed by atoms with Crippen LogP contribution in [0.2, 0.25) is 0 Å². The van der Waals surface area contributed by atoms with Crippen molar-refractivity contribution < 1.29 is 14.5 Å². The molecule has 1 amide bonds. The lowest BCUT2D eigenvalue weighted by Gasteiger charge is -2.13. The number of ether oxygens (including phenoxy) is 1. The Morgan fingerprint density at radius 2 is 1.83 bits per heavy atom. The lowest BCUT2D eigenvalue weighted by molar-refractivity contribution is -0.383. The first kappa shape index (κ1) is 21.0. The highest BCUT2D eigenvalue weighted by atomic mass is 79.9. The predicted molar refractivity (Wildman–Crippen MR) is 115 cm³/mol. The molecule has 30 heavy (non-hydrogen) atoms. The quantitative estimate of drug-likeness (QED) is 0.330. The lowest BCUT2D eigenvalue weighted by Crippen LogP contribution is -2.30. The molecule has 2 aromatic carbocycles. The monoisotopic (exact) mass is 472 g/mol. The number of halogens is 1. The summed E-state index contributed by atoms with van der Waals surface area (Å²) in [7, 11) is 0. The van der Waals surface area contributed by atoms with Crippen LogP contribution in [-0.2, 0) is 0 Å². The van der Waals surface area contributed by atoms with Crippen LogP contribution in [0.5, 0.6) is 5.75 Å². The molecule has 0 bridgehead atoms. The van der Waals surface area contributed by atoms with Gasteiger partial charge in [0, 0.05) is 10.0 Å². The van der Waals surface area contributed by atoms with Crippen molar-refractivity contribution in [3.05, 3.63) is 75.0 Å². The van der Waals surface area contributed by atoms with Gasteiger partial charge in [-0.15, -0.1) is 0 Å². The maximum absolute atomic E-state index is 12.3. The maximum atomic E-state index is 12.3. The number of amides is 1. The summed E-state index contributed by atoms with van der Waals surface area (Å²) in [5.74, 6) is -0.183. The molecule has 0 fully saturated rings. The minimum absolute atomic E-state index is 0.0532. The number of rotatable bonds is 8. The summed E-state index contributed by atoms with van der Waals surface area (Å²) in [4.78, 5) is 31.2. The van der Waals surface area contributed by atoms with E-state index in [0.29, 0.717) is 23.6 Å². The molecule has 3 aromatic rings. The Bertz CT molecular complexity index is 1060. The number of hydrogen-bond donors (Lipinski definition) is 3. The van der Waals surface area contributed by atoms with E-state index in [1.807, 2.05) is 6.92 Å². The Morgan fingerprint density at radius 1 is 1.13 bits per heavy atom. The third kappa shape index (κ3) is 5.00. The third-order valence-electron chi connectivity index (χ3n) is 3.85. The van der Waals surface area contributed by atoms with Crippen molar-refractivity contribution in [1.29, 1.82) is 0 Å². The van der Waals surface area contributed by atoms with Crippen molar-refractivity contribution in [3.63, 3.8) is 0 Å². The number of hydrogen-bond acceptors (Lipinski definition) is 8. The molecule has 10 nitrogen and oxygen atoms in total. The van der Waals surface area contributed by atoms with Crippen LogP contribution in [-0.4, -0.2) is 27.4 Å². The van der Waals surface area contributed by atoms with Crippen LogP contribution >= 0.6 is 15.9 Å². The van der Waals surface area contributed by atoms with E-state index in [-0.39, 0.29) is 11.6 Å². The van der Waals surface area contributed by atoms with Crippen LogP contribution < -0.4 is 20.9 Å². The second kappa shape index (κ2) is 9.65. The summed E-state index contributed by atoms with van der Waals surface area (Å²) in [5, 5.41) is 14.6. The fourth-order valence-corrected chi connectivity index (χ4v) is 2.77. The molecule has 0 spiro atoms. The molecular formula is C19H17BrN6O4. The van der Waals surface area contributed by atoms with Crippen LogP contribution in [0.25, 0.3) is 0 Å². The number of para-hydroxylation sites is 2. The SMILES string of the molecule is CCOc1ccccc1Nc1ncnc(NNC(=O)c2ccc(Br)cc2)c1[N+](=O)[O-]. The molecule has 154 valence electrons. The van der Waals surface area contributed by atoms with E-state index in [1.165, 1.54) is 0 Å². The van der Waals surface area contributed by atoms with Gasteiger partial charge in [0.25, 0.3) is 5.91 Å². The number of hydrazine groups is 1. The number of anilines is 3. The van der Waals surface area contributed by atoms with Crippen molar-refractivity contribution in [2.24, 2.45) is 0 Å². The molecule has 0 aliphatic heterocycles. The highest BCUT2D eigenvalue weighted by Gasteiger charge is 2.24. The Balaban J connectivity index is 1.84. The van der Waals surface area contributed by atoms with Gasteiger partial charge in [0.1, 0.15) is 12.1 Å². The number of aromatic nitrogens is 2. The van der Waals surface area contributed by atoms with Crippen LogP contribution in [0.1, 0.15) is 17.3 Å². The first-order chi connectivity index (χ1) is 14.5. The molecule has 1 heterocycles. The number of nitrogens with one attached hydrogen (secondary N) is 3. The first-order valence-electron chi connectivity index (χ1n) is 8.79. The summed E-state index contributed by atoms with van der Waals surface area (Å²) in [6, 6.07) is 13.6. The Kier molecular flexibility index (Phi) is 6.75. The van der Waals surface area contributed by atoms with E-state index in [2.05, 4.69) is 42.1 Å². The van der Waals surface area contributed by atoms with Gasteiger partial charge < -0.3 is 10.1 Å². The predicted octanol–water partition coefficient (Wildman–Crippen LogP) is 4.05. The van der Waals surface area contributed by atoms with E-state index in [9.17, 15) is 14.9 Å². The minimum atomic E-state index is -0.639. The van der Waals surface area contributed by atoms with Gasteiger partial charge in [-0.1, -0.05) is 28.1 Å². The molecule has 3 rings (SSSR count). The highest BCUT2D eigenvalue weighted by molar-refractivity contribution is 9.10. The fraction of sp³-hybridized carbons (Fsp3) is 0.105. The largest absolute Gasteiger partial charge is 0.492 e. The average molecular weight is 473 g/mol. The summed E-state index contributed by atoms with van der Waals surface area (Å²) >= 11 is 3.29. The van der Waals surface area contributed by atoms with Gasteiger partial charge in [-0.05, 0) is 43.3 Å². The van der Waals surface area contributed by atoms with Gasteiger partial charge in [0.15, 0.2) is 0 Å². The van der Waals surface area contributed by atoms with Crippen molar-refractivity contribution in [2.45, 2.75) is 6.92 Å². The number of carbonyl (C=O) groups excluding carboxylic acids is 1. The maximum Gasteiger partial charge on any atom is 0.355 e. The summed E-state index contributed by atoms with van der Waals surface area (Å²) < 4.78 is 6.35. The molecule has 3 N–H and O–H groups in total. The minimum Gasteiger partial charge on any atom is -0.492 e. The van der Waals surface area contributed by atoms with E-state index < -0.39 is 16.5 Å². The van der Waals surface area contributed by atoms with E-state index in [1.54, 1.807) is 48.5 Å². The van der Waals surface area contributed by atoms with Gasteiger partial charge in [-0.2, -0.15) is 0 Å². The molecule has 0 aliphatic carbocycles. The van der Waals surface area contributed by atoms with Gasteiger partial charge in [0.2, 0.25) is 11.6 Å². The van der Waals surface area contributed by atoms with Gasteiger partial charge in [0.05, 0.1) is 17.2 Å². The van der Waals surface area contributed by atoms with Crippen LogP contribution in [0.15, 0.2) is 59.3 Å². The molecule has 0 saturated heterocycles. The van der Waals surface area contributed by atoms with Gasteiger partial charge >= 0.3 is 5.69 Å². The Morgan fingerprint density at radius 3 is 2.53 bits per heavy atom. The Labute approximate surface area is 179 Å². The normalized spacial score (nSPS) is 10.2. The fourth-order valence-electron chi connectivity index (χ4n) is 2.50. The van der Waals surface area contributed by atoms with Crippen molar-refractivity contribution in [1.82, 2.24) is 15.4 Å². The number of benzene rings is 2. The molecule has 0 atom stereocenters. The van der Waals surface area contributed by atoms with Crippen molar-refractivity contribution >= 4 is 44.8 Å². The summed E-state index contributed by atoms with van der Waals surface area (Å²) in [5.41, 5.74) is 5.34. The van der Waals surface area contributed by atoms with Gasteiger partial charge in [-0.3, -0.25) is 25.8 Å². The van der Waals surface area contributed by atoms with Gasteiger partial charge in [-0.25, -0.2) is 9.97 Å². The molecule has 11 heteroatoms. The zero-order valence-corrected chi connectivity index (χ0v) is 17.3. The van der Waals surface area contributed by atoms with Crippen molar-refractivity contribution in [3.8, 4) is 5.75 Å². The lowest BCUT2D eigenvalue weighted by atomic mass is 10.2. The van der Waals surface area contributed by atoms with Crippen molar-refractivity contribution in [2.75, 3.05) is 17.3 Å². The first-order valence-corrected chi connectivity index (χ1v) is 9.59. The zero-order valence-electron chi connectivity index (χ0n) is 15.8.